The summed E-state index contributed by atoms with van der Waals surface area (Å²) in [5.74, 6) is 0.0897. The number of carbonyl (C=O) groups excluding carboxylic acids is 1. The van der Waals surface area contributed by atoms with Crippen LogP contribution >= 0.6 is 0 Å². The molecule has 5 heteroatoms. The van der Waals surface area contributed by atoms with E-state index in [1.807, 2.05) is 0 Å². The molecule has 0 atom stereocenters. The predicted molar refractivity (Wildman–Crippen MR) is 58.6 cm³/mol. The summed E-state index contributed by atoms with van der Waals surface area (Å²) in [6.45, 7) is 3.30. The molecular formula is C11H13NO4. The maximum atomic E-state index is 11.1. The van der Waals surface area contributed by atoms with Gasteiger partial charge >= 0.3 is 5.69 Å². The van der Waals surface area contributed by atoms with Crippen molar-refractivity contribution >= 4 is 11.5 Å². The molecule has 1 aromatic carbocycles. The number of carbonyl (C=O) groups is 1. The molecule has 0 aromatic heterocycles. The van der Waals surface area contributed by atoms with Gasteiger partial charge in [-0.15, -0.1) is 0 Å². The molecule has 0 aliphatic carbocycles. The molecule has 1 aromatic rings. The minimum atomic E-state index is -0.515. The lowest BCUT2D eigenvalue weighted by Crippen LogP contribution is -2.11. The van der Waals surface area contributed by atoms with E-state index in [2.05, 4.69) is 0 Å². The summed E-state index contributed by atoms with van der Waals surface area (Å²) in [6.07, 6.45) is 0.361. The van der Waals surface area contributed by atoms with Crippen LogP contribution in [0.15, 0.2) is 18.2 Å². The molecule has 1 rings (SSSR count). The molecule has 5 nitrogen and oxygen atoms in total. The normalized spacial score (nSPS) is 9.88. The first kappa shape index (κ1) is 12.2. The Kier molecular flexibility index (Phi) is 3.99. The average Bonchev–Trinajstić information content (AvgIpc) is 2.26. The molecule has 0 aliphatic heterocycles. The van der Waals surface area contributed by atoms with Gasteiger partial charge in [-0.3, -0.25) is 14.9 Å². The van der Waals surface area contributed by atoms with Crippen molar-refractivity contribution in [2.75, 3.05) is 6.61 Å². The monoisotopic (exact) mass is 223 g/mol. The van der Waals surface area contributed by atoms with Crippen LogP contribution in [-0.2, 0) is 4.79 Å². The zero-order chi connectivity index (χ0) is 12.1. The number of ether oxygens (including phenoxy) is 1. The van der Waals surface area contributed by atoms with Crippen LogP contribution in [0.4, 0.5) is 5.69 Å². The van der Waals surface area contributed by atoms with Gasteiger partial charge in [-0.05, 0) is 12.5 Å². The highest BCUT2D eigenvalue weighted by molar-refractivity contribution is 5.79. The molecule has 0 fully saturated rings. The molecule has 86 valence electrons. The molecule has 0 radical (unpaired) electrons. The van der Waals surface area contributed by atoms with E-state index in [0.717, 1.165) is 0 Å². The largest absolute Gasteiger partial charge is 0.479 e. The topological polar surface area (TPSA) is 69.4 Å². The fraction of sp³-hybridized carbons (Fsp3) is 0.364. The molecule has 0 bridgehead atoms. The van der Waals surface area contributed by atoms with Gasteiger partial charge in [0.2, 0.25) is 0 Å². The quantitative estimate of drug-likeness (QED) is 0.567. The Balaban J connectivity index is 2.93. The number of hydrogen-bond acceptors (Lipinski definition) is 4. The van der Waals surface area contributed by atoms with Crippen LogP contribution < -0.4 is 4.74 Å². The fourth-order valence-corrected chi connectivity index (χ4v) is 1.22. The number of para-hydroxylation sites is 1. The van der Waals surface area contributed by atoms with E-state index < -0.39 is 4.92 Å². The third kappa shape index (κ3) is 2.79. The van der Waals surface area contributed by atoms with E-state index in [-0.39, 0.29) is 23.8 Å². The standard InChI is InChI=1S/C11H13NO4/c1-3-9(13)7-16-11-8(2)5-4-6-10(11)12(14)15/h4-6H,3,7H2,1-2H3. The van der Waals surface area contributed by atoms with Gasteiger partial charge < -0.3 is 4.74 Å². The molecule has 16 heavy (non-hydrogen) atoms. The Labute approximate surface area is 93.2 Å². The number of nitrogens with zero attached hydrogens (tertiary/aromatic N) is 1. The van der Waals surface area contributed by atoms with E-state index in [0.29, 0.717) is 12.0 Å². The average molecular weight is 223 g/mol. The summed E-state index contributed by atoms with van der Waals surface area (Å²) in [4.78, 5) is 21.3. The lowest BCUT2D eigenvalue weighted by molar-refractivity contribution is -0.385. The van der Waals surface area contributed by atoms with Gasteiger partial charge in [0.25, 0.3) is 0 Å². The molecule has 0 heterocycles. The van der Waals surface area contributed by atoms with Gasteiger partial charge in [-0.2, -0.15) is 0 Å². The summed E-state index contributed by atoms with van der Waals surface area (Å²) in [7, 11) is 0. The number of nitro groups is 1. The predicted octanol–water partition coefficient (Wildman–Crippen LogP) is 2.26. The Hall–Kier alpha value is -1.91. The van der Waals surface area contributed by atoms with Crippen molar-refractivity contribution in [1.82, 2.24) is 0 Å². The van der Waals surface area contributed by atoms with Crippen LogP contribution in [0.1, 0.15) is 18.9 Å². The van der Waals surface area contributed by atoms with Crippen LogP contribution in [0.25, 0.3) is 0 Å². The summed E-state index contributed by atoms with van der Waals surface area (Å²) in [6, 6.07) is 4.65. The highest BCUT2D eigenvalue weighted by Crippen LogP contribution is 2.30. The highest BCUT2D eigenvalue weighted by Gasteiger charge is 2.17. The van der Waals surface area contributed by atoms with Crippen molar-refractivity contribution in [3.05, 3.63) is 33.9 Å². The first-order valence-electron chi connectivity index (χ1n) is 4.94. The third-order valence-electron chi connectivity index (χ3n) is 2.16. The molecule has 0 spiro atoms. The second-order valence-corrected chi connectivity index (χ2v) is 3.36. The van der Waals surface area contributed by atoms with Gasteiger partial charge in [0.15, 0.2) is 11.5 Å². The zero-order valence-corrected chi connectivity index (χ0v) is 9.23. The minimum absolute atomic E-state index is 0.0856. The molecule has 0 amide bonds. The third-order valence-corrected chi connectivity index (χ3v) is 2.16. The molecule has 0 unspecified atom stereocenters. The van der Waals surface area contributed by atoms with Crippen LogP contribution in [0.2, 0.25) is 0 Å². The lowest BCUT2D eigenvalue weighted by Gasteiger charge is -2.07. The molecular weight excluding hydrogens is 210 g/mol. The maximum absolute atomic E-state index is 11.1. The first-order chi connectivity index (χ1) is 7.56. The molecule has 0 N–H and O–H groups in total. The van der Waals surface area contributed by atoms with Crippen LogP contribution in [0.5, 0.6) is 5.75 Å². The van der Waals surface area contributed by atoms with E-state index in [1.165, 1.54) is 6.07 Å². The van der Waals surface area contributed by atoms with Gasteiger partial charge in [0, 0.05) is 12.5 Å². The fourth-order valence-electron chi connectivity index (χ4n) is 1.22. The second kappa shape index (κ2) is 5.25. The van der Waals surface area contributed by atoms with Crippen LogP contribution in [0, 0.1) is 17.0 Å². The minimum Gasteiger partial charge on any atom is -0.479 e. The summed E-state index contributed by atoms with van der Waals surface area (Å²) >= 11 is 0. The number of hydrogen-bond donors (Lipinski definition) is 0. The molecule has 0 saturated carbocycles. The number of Topliss-reactive ketones (excluding diaryl/α,β-unsaturated/α-hetero) is 1. The Bertz CT molecular complexity index is 414. The van der Waals surface area contributed by atoms with Crippen molar-refractivity contribution in [2.24, 2.45) is 0 Å². The van der Waals surface area contributed by atoms with Gasteiger partial charge in [-0.1, -0.05) is 19.1 Å². The van der Waals surface area contributed by atoms with Crippen molar-refractivity contribution < 1.29 is 14.5 Å². The second-order valence-electron chi connectivity index (χ2n) is 3.36. The molecule has 0 aliphatic rings. The number of benzene rings is 1. The Morgan fingerprint density at radius 3 is 2.75 bits per heavy atom. The van der Waals surface area contributed by atoms with E-state index in [1.54, 1.807) is 26.0 Å². The van der Waals surface area contributed by atoms with Crippen molar-refractivity contribution in [1.29, 1.82) is 0 Å². The van der Waals surface area contributed by atoms with Gasteiger partial charge in [-0.25, -0.2) is 0 Å². The number of nitro benzene ring substituents is 1. The lowest BCUT2D eigenvalue weighted by atomic mass is 10.2. The summed E-state index contributed by atoms with van der Waals surface area (Å²) in [5.41, 5.74) is 0.544. The van der Waals surface area contributed by atoms with Crippen LogP contribution in [0.3, 0.4) is 0 Å². The summed E-state index contributed by atoms with van der Waals surface area (Å²) in [5, 5.41) is 10.7. The van der Waals surface area contributed by atoms with Crippen molar-refractivity contribution in [3.63, 3.8) is 0 Å². The summed E-state index contributed by atoms with van der Waals surface area (Å²) < 4.78 is 5.19. The number of aryl methyl sites for hydroxylation is 1. The zero-order valence-electron chi connectivity index (χ0n) is 9.23. The van der Waals surface area contributed by atoms with E-state index >= 15 is 0 Å². The van der Waals surface area contributed by atoms with Gasteiger partial charge in [0.05, 0.1) is 4.92 Å². The van der Waals surface area contributed by atoms with Crippen molar-refractivity contribution in [3.8, 4) is 5.75 Å². The number of ketones is 1. The SMILES string of the molecule is CCC(=O)COc1c(C)cccc1[N+](=O)[O-]. The highest BCUT2D eigenvalue weighted by atomic mass is 16.6. The first-order valence-corrected chi connectivity index (χ1v) is 4.94. The van der Waals surface area contributed by atoms with E-state index in [4.69, 9.17) is 4.74 Å². The van der Waals surface area contributed by atoms with Gasteiger partial charge in [0.1, 0.15) is 6.61 Å². The number of rotatable bonds is 5. The molecule has 0 saturated heterocycles. The Morgan fingerprint density at radius 2 is 2.19 bits per heavy atom. The maximum Gasteiger partial charge on any atom is 0.311 e. The smallest absolute Gasteiger partial charge is 0.311 e. The Morgan fingerprint density at radius 1 is 1.50 bits per heavy atom. The van der Waals surface area contributed by atoms with Crippen molar-refractivity contribution in [2.45, 2.75) is 20.3 Å². The van der Waals surface area contributed by atoms with E-state index in [9.17, 15) is 14.9 Å². The van der Waals surface area contributed by atoms with Crippen LogP contribution in [-0.4, -0.2) is 17.3 Å².